The molecule has 2 aromatic rings. The van der Waals surface area contributed by atoms with Crippen molar-refractivity contribution in [2.45, 2.75) is 51.1 Å². The SMILES string of the molecule is CCC1(NC(=O)COc2ccc3c(c2)OC(F)(F)O3)CC(C)(COc2cncc(C(F)(F)F)c2)C1. The summed E-state index contributed by atoms with van der Waals surface area (Å²) in [6.45, 7) is 3.65. The number of aromatic nitrogens is 1. The molecule has 0 spiro atoms. The number of nitrogens with one attached hydrogen (secondary N) is 1. The van der Waals surface area contributed by atoms with Crippen LogP contribution in [0, 0.1) is 5.41 Å². The molecular weight excluding hydrogens is 479 g/mol. The van der Waals surface area contributed by atoms with Gasteiger partial charge in [-0.3, -0.25) is 9.78 Å². The minimum atomic E-state index is -4.51. The first-order valence-corrected chi connectivity index (χ1v) is 10.8. The van der Waals surface area contributed by atoms with Gasteiger partial charge in [-0.15, -0.1) is 8.78 Å². The van der Waals surface area contributed by atoms with E-state index >= 15 is 0 Å². The Morgan fingerprint density at radius 3 is 2.49 bits per heavy atom. The Labute approximate surface area is 197 Å². The molecule has 1 aliphatic heterocycles. The van der Waals surface area contributed by atoms with Crippen LogP contribution >= 0.6 is 0 Å². The van der Waals surface area contributed by atoms with E-state index in [4.69, 9.17) is 9.47 Å². The maximum atomic E-state index is 13.1. The molecular formula is C23H23F5N2O5. The minimum Gasteiger partial charge on any atom is -0.491 e. The first-order valence-electron chi connectivity index (χ1n) is 10.8. The van der Waals surface area contributed by atoms with Crippen LogP contribution in [-0.2, 0) is 11.0 Å². The van der Waals surface area contributed by atoms with Gasteiger partial charge in [-0.2, -0.15) is 13.2 Å². The molecule has 0 saturated heterocycles. The summed E-state index contributed by atoms with van der Waals surface area (Å²) in [5.41, 5.74) is -1.76. The standard InChI is InChI=1S/C23H23F5N2O5/c1-3-21(11-20(2,12-21)13-33-16-6-14(8-29-9-16)22(24,25)26)30-19(31)10-32-15-4-5-17-18(7-15)35-23(27,28)34-17/h4-9H,3,10-13H2,1-2H3,(H,30,31). The van der Waals surface area contributed by atoms with Crippen LogP contribution in [0.5, 0.6) is 23.0 Å². The molecule has 1 aromatic heterocycles. The van der Waals surface area contributed by atoms with Crippen LogP contribution in [0.4, 0.5) is 22.0 Å². The molecule has 7 nitrogen and oxygen atoms in total. The Bertz CT molecular complexity index is 1100. The lowest BCUT2D eigenvalue weighted by Gasteiger charge is -2.54. The number of amides is 1. The smallest absolute Gasteiger partial charge is 0.491 e. The van der Waals surface area contributed by atoms with E-state index < -0.39 is 29.5 Å². The highest BCUT2D eigenvalue weighted by Crippen LogP contribution is 2.50. The van der Waals surface area contributed by atoms with Gasteiger partial charge in [-0.05, 0) is 37.5 Å². The number of rotatable bonds is 8. The van der Waals surface area contributed by atoms with Crippen LogP contribution < -0.4 is 24.3 Å². The zero-order valence-corrected chi connectivity index (χ0v) is 18.9. The number of hydrogen-bond acceptors (Lipinski definition) is 6. The van der Waals surface area contributed by atoms with E-state index in [0.29, 0.717) is 19.3 Å². The topological polar surface area (TPSA) is 78.9 Å². The molecule has 1 fully saturated rings. The van der Waals surface area contributed by atoms with Gasteiger partial charge in [0.1, 0.15) is 11.5 Å². The molecule has 1 N–H and O–H groups in total. The third-order valence-electron chi connectivity index (χ3n) is 5.98. The van der Waals surface area contributed by atoms with E-state index in [1.165, 1.54) is 24.4 Å². The van der Waals surface area contributed by atoms with Crippen molar-refractivity contribution < 1.29 is 45.7 Å². The molecule has 1 aliphatic carbocycles. The molecule has 0 unspecified atom stereocenters. The van der Waals surface area contributed by atoms with Crippen molar-refractivity contribution >= 4 is 5.91 Å². The van der Waals surface area contributed by atoms with Crippen LogP contribution in [0.15, 0.2) is 36.7 Å². The summed E-state index contributed by atoms with van der Waals surface area (Å²) in [6, 6.07) is 4.75. The number of ether oxygens (including phenoxy) is 4. The lowest BCUT2D eigenvalue weighted by atomic mass is 9.57. The third-order valence-corrected chi connectivity index (χ3v) is 5.98. The van der Waals surface area contributed by atoms with Gasteiger partial charge in [0.15, 0.2) is 18.1 Å². The predicted molar refractivity (Wildman–Crippen MR) is 111 cm³/mol. The first kappa shape index (κ1) is 24.8. The van der Waals surface area contributed by atoms with Gasteiger partial charge in [-0.25, -0.2) is 0 Å². The van der Waals surface area contributed by atoms with Crippen molar-refractivity contribution in [2.24, 2.45) is 5.41 Å². The van der Waals surface area contributed by atoms with Gasteiger partial charge in [0.2, 0.25) is 0 Å². The fourth-order valence-corrected chi connectivity index (χ4v) is 4.52. The van der Waals surface area contributed by atoms with Gasteiger partial charge in [-0.1, -0.05) is 13.8 Å². The molecule has 35 heavy (non-hydrogen) atoms. The lowest BCUT2D eigenvalue weighted by Crippen LogP contribution is -2.63. The molecule has 1 amide bonds. The highest BCUT2D eigenvalue weighted by Gasteiger charge is 2.52. The Kier molecular flexibility index (Phi) is 6.18. The molecule has 1 saturated carbocycles. The molecule has 0 atom stereocenters. The number of carbonyl (C=O) groups is 1. The summed E-state index contributed by atoms with van der Waals surface area (Å²) in [5.74, 6) is -0.543. The number of benzene rings is 1. The Morgan fingerprint density at radius 1 is 1.09 bits per heavy atom. The zero-order valence-electron chi connectivity index (χ0n) is 18.9. The molecule has 0 radical (unpaired) electrons. The van der Waals surface area contributed by atoms with Crippen LogP contribution in [0.25, 0.3) is 0 Å². The van der Waals surface area contributed by atoms with Crippen molar-refractivity contribution in [3.05, 3.63) is 42.2 Å². The number of halogens is 5. The Balaban J connectivity index is 1.27. The van der Waals surface area contributed by atoms with Crippen LogP contribution in [0.2, 0.25) is 0 Å². The number of fused-ring (bicyclic) bond motifs is 1. The maximum absolute atomic E-state index is 13.1. The van der Waals surface area contributed by atoms with Crippen molar-refractivity contribution in [1.82, 2.24) is 10.3 Å². The second-order valence-electron chi connectivity index (χ2n) is 9.11. The van der Waals surface area contributed by atoms with Crippen molar-refractivity contribution in [2.75, 3.05) is 13.2 Å². The number of nitrogens with zero attached hydrogens (tertiary/aromatic N) is 1. The van der Waals surface area contributed by atoms with Crippen molar-refractivity contribution in [3.63, 3.8) is 0 Å². The third kappa shape index (κ3) is 5.68. The Hall–Kier alpha value is -3.31. The van der Waals surface area contributed by atoms with Gasteiger partial charge in [0, 0.05) is 23.2 Å². The summed E-state index contributed by atoms with van der Waals surface area (Å²) in [5, 5.41) is 2.94. The molecule has 190 valence electrons. The van der Waals surface area contributed by atoms with E-state index in [9.17, 15) is 26.7 Å². The van der Waals surface area contributed by atoms with Gasteiger partial charge in [0.25, 0.3) is 5.91 Å². The molecule has 1 aromatic carbocycles. The quantitative estimate of drug-likeness (QED) is 0.515. The largest absolute Gasteiger partial charge is 0.586 e. The molecule has 12 heteroatoms. The van der Waals surface area contributed by atoms with E-state index in [-0.39, 0.29) is 41.6 Å². The summed E-state index contributed by atoms with van der Waals surface area (Å²) >= 11 is 0. The predicted octanol–water partition coefficient (Wildman–Crippen LogP) is 4.94. The van der Waals surface area contributed by atoms with E-state index in [1.54, 1.807) is 0 Å². The number of pyridine rings is 1. The lowest BCUT2D eigenvalue weighted by molar-refractivity contribution is -0.286. The second-order valence-corrected chi connectivity index (χ2v) is 9.11. The summed E-state index contributed by atoms with van der Waals surface area (Å²) < 4.78 is 84.5. The zero-order chi connectivity index (χ0) is 25.5. The molecule has 2 aliphatic rings. The van der Waals surface area contributed by atoms with E-state index in [1.807, 2.05) is 13.8 Å². The fraction of sp³-hybridized carbons (Fsp3) is 0.478. The highest BCUT2D eigenvalue weighted by atomic mass is 19.4. The number of carbonyl (C=O) groups excluding carboxylic acids is 1. The first-order chi connectivity index (χ1) is 16.3. The normalized spacial score (nSPS) is 24.4. The average Bonchev–Trinajstić information content (AvgIpc) is 3.07. The highest BCUT2D eigenvalue weighted by molar-refractivity contribution is 5.78. The second kappa shape index (κ2) is 8.72. The number of hydrogen-bond donors (Lipinski definition) is 1. The van der Waals surface area contributed by atoms with Crippen LogP contribution in [0.3, 0.4) is 0 Å². The average molecular weight is 502 g/mol. The van der Waals surface area contributed by atoms with Gasteiger partial charge < -0.3 is 24.3 Å². The Morgan fingerprint density at radius 2 is 1.80 bits per heavy atom. The molecule has 2 heterocycles. The van der Waals surface area contributed by atoms with E-state index in [2.05, 4.69) is 19.8 Å². The van der Waals surface area contributed by atoms with Crippen molar-refractivity contribution in [3.8, 4) is 23.0 Å². The molecule has 4 rings (SSSR count). The monoisotopic (exact) mass is 502 g/mol. The fourth-order valence-electron chi connectivity index (χ4n) is 4.52. The van der Waals surface area contributed by atoms with E-state index in [0.717, 1.165) is 12.3 Å². The van der Waals surface area contributed by atoms with Crippen LogP contribution in [-0.4, -0.2) is 35.9 Å². The minimum absolute atomic E-state index is 0.0222. The summed E-state index contributed by atoms with van der Waals surface area (Å²) in [6.07, 6.45) is -4.58. The summed E-state index contributed by atoms with van der Waals surface area (Å²) in [4.78, 5) is 16.1. The van der Waals surface area contributed by atoms with Gasteiger partial charge in [0.05, 0.1) is 18.4 Å². The van der Waals surface area contributed by atoms with Crippen LogP contribution in [0.1, 0.15) is 38.7 Å². The maximum Gasteiger partial charge on any atom is 0.586 e. The summed E-state index contributed by atoms with van der Waals surface area (Å²) in [7, 11) is 0. The number of alkyl halides is 5. The molecule has 0 bridgehead atoms. The van der Waals surface area contributed by atoms with Crippen molar-refractivity contribution in [1.29, 1.82) is 0 Å². The van der Waals surface area contributed by atoms with Gasteiger partial charge >= 0.3 is 12.5 Å².